The largest absolute Gasteiger partial charge is 0.474 e. The average Bonchev–Trinajstić information content (AvgIpc) is 3.15. The molecule has 1 unspecified atom stereocenters. The van der Waals surface area contributed by atoms with Crippen molar-refractivity contribution in [2.45, 2.75) is 25.3 Å². The lowest BCUT2D eigenvalue weighted by Gasteiger charge is -2.25. The number of halogens is 2. The van der Waals surface area contributed by atoms with Crippen LogP contribution in [0.4, 0.5) is 0 Å². The van der Waals surface area contributed by atoms with Gasteiger partial charge in [0.05, 0.1) is 23.5 Å². The molecule has 1 saturated heterocycles. The monoisotopic (exact) mass is 413 g/mol. The maximum Gasteiger partial charge on any atom is 0.213 e. The summed E-state index contributed by atoms with van der Waals surface area (Å²) in [6.07, 6.45) is 1.21. The number of carbonyl (C=O) groups is 1. The van der Waals surface area contributed by atoms with Gasteiger partial charge in [0.1, 0.15) is 12.2 Å². The van der Waals surface area contributed by atoms with Crippen molar-refractivity contribution in [3.8, 4) is 11.9 Å². The highest BCUT2D eigenvalue weighted by molar-refractivity contribution is 6.42. The van der Waals surface area contributed by atoms with Crippen molar-refractivity contribution < 1.29 is 9.53 Å². The van der Waals surface area contributed by atoms with Gasteiger partial charge in [-0.15, -0.1) is 0 Å². The van der Waals surface area contributed by atoms with Gasteiger partial charge in [-0.2, -0.15) is 5.26 Å². The smallest absolute Gasteiger partial charge is 0.213 e. The summed E-state index contributed by atoms with van der Waals surface area (Å²) in [4.78, 5) is 18.1. The van der Waals surface area contributed by atoms with Gasteiger partial charge in [0.2, 0.25) is 11.8 Å². The van der Waals surface area contributed by atoms with Crippen LogP contribution >= 0.6 is 23.2 Å². The fraction of sp³-hybridized carbons (Fsp3) is 0.350. The molecule has 2 radical (unpaired) electrons. The van der Waals surface area contributed by atoms with Crippen molar-refractivity contribution in [3.05, 3.63) is 57.7 Å². The molecule has 1 aliphatic rings. The number of amides is 1. The molecule has 1 fully saturated rings. The Kier molecular flexibility index (Phi) is 6.48. The van der Waals surface area contributed by atoms with Gasteiger partial charge in [-0.1, -0.05) is 29.3 Å². The number of hydrogen-bond donors (Lipinski definition) is 0. The fourth-order valence-electron chi connectivity index (χ4n) is 3.53. The molecule has 1 aromatic heterocycles. The van der Waals surface area contributed by atoms with E-state index in [0.717, 1.165) is 5.56 Å². The Morgan fingerprint density at radius 2 is 2.14 bits per heavy atom. The highest BCUT2D eigenvalue weighted by Gasteiger charge is 2.39. The Morgan fingerprint density at radius 3 is 2.75 bits per heavy atom. The zero-order valence-electron chi connectivity index (χ0n) is 15.3. The first-order valence-electron chi connectivity index (χ1n) is 8.88. The first-order chi connectivity index (χ1) is 13.4. The van der Waals surface area contributed by atoms with Crippen LogP contribution in [0.15, 0.2) is 36.5 Å². The van der Waals surface area contributed by atoms with Gasteiger partial charge in [0.15, 0.2) is 0 Å². The molecule has 0 aliphatic carbocycles. The first-order valence-corrected chi connectivity index (χ1v) is 9.64. The summed E-state index contributed by atoms with van der Waals surface area (Å²) in [6.45, 7) is 3.01. The molecule has 0 saturated carbocycles. The number of likely N-dealkylation sites (tertiary alicyclic amines) is 1. The Balaban J connectivity index is 1.84. The second kappa shape index (κ2) is 8.85. The molecule has 1 aliphatic heterocycles. The van der Waals surface area contributed by atoms with E-state index in [-0.39, 0.29) is 30.2 Å². The summed E-state index contributed by atoms with van der Waals surface area (Å²) in [7, 11) is 5.56. The van der Waals surface area contributed by atoms with Gasteiger partial charge in [0, 0.05) is 37.2 Å². The molecule has 0 bridgehead atoms. The van der Waals surface area contributed by atoms with Crippen LogP contribution in [0.1, 0.15) is 24.0 Å². The number of pyridine rings is 1. The van der Waals surface area contributed by atoms with Gasteiger partial charge in [-0.05, 0) is 37.0 Å². The lowest BCUT2D eigenvalue weighted by atomic mass is 9.86. The van der Waals surface area contributed by atoms with Crippen LogP contribution in [-0.2, 0) is 4.79 Å². The lowest BCUT2D eigenvalue weighted by molar-refractivity contribution is -0.127. The molecule has 0 spiro atoms. The van der Waals surface area contributed by atoms with E-state index in [1.54, 1.807) is 23.1 Å². The standard InChI is InChI=1S/C20H18BCl2N3O2/c1-12(28-19-5-2-13(8-24)9-25-19)15-10-26(20(27)7-21)11-16(15)14-3-4-17(22)18(23)6-14/h2-6,9,12,15-16H,7,10-11H2,1H3/t12-,15?,16+/m0/s1. The van der Waals surface area contributed by atoms with E-state index in [2.05, 4.69) is 4.98 Å². The first kappa shape index (κ1) is 20.5. The topological polar surface area (TPSA) is 66.2 Å². The maximum atomic E-state index is 12.2. The van der Waals surface area contributed by atoms with E-state index in [9.17, 15) is 4.79 Å². The molecule has 28 heavy (non-hydrogen) atoms. The Labute approximate surface area is 175 Å². The normalized spacial score (nSPS) is 19.9. The molecule has 8 heteroatoms. The molecule has 2 aromatic rings. The van der Waals surface area contributed by atoms with Crippen molar-refractivity contribution in [1.29, 1.82) is 5.26 Å². The van der Waals surface area contributed by atoms with Gasteiger partial charge in [-0.3, -0.25) is 4.79 Å². The quantitative estimate of drug-likeness (QED) is 0.698. The molecular weight excluding hydrogens is 396 g/mol. The summed E-state index contributed by atoms with van der Waals surface area (Å²) >= 11 is 12.3. The summed E-state index contributed by atoms with van der Waals surface area (Å²) in [5, 5.41) is 9.85. The Morgan fingerprint density at radius 1 is 1.36 bits per heavy atom. The van der Waals surface area contributed by atoms with Gasteiger partial charge >= 0.3 is 0 Å². The summed E-state index contributed by atoms with van der Waals surface area (Å²) in [6, 6.07) is 10.9. The van der Waals surface area contributed by atoms with Gasteiger partial charge in [-0.25, -0.2) is 4.98 Å². The minimum atomic E-state index is -0.226. The van der Waals surface area contributed by atoms with Crippen LogP contribution in [0.2, 0.25) is 16.4 Å². The predicted octanol–water partition coefficient (Wildman–Crippen LogP) is 3.86. The van der Waals surface area contributed by atoms with Gasteiger partial charge in [0.25, 0.3) is 0 Å². The zero-order valence-corrected chi connectivity index (χ0v) is 16.8. The maximum absolute atomic E-state index is 12.2. The number of aromatic nitrogens is 1. The third-order valence-corrected chi connectivity index (χ3v) is 5.78. The predicted molar refractivity (Wildman–Crippen MR) is 109 cm³/mol. The number of nitrogens with zero attached hydrogens (tertiary/aromatic N) is 3. The molecule has 1 aromatic carbocycles. The summed E-state index contributed by atoms with van der Waals surface area (Å²) < 4.78 is 6.02. The second-order valence-corrected chi connectivity index (χ2v) is 7.58. The van der Waals surface area contributed by atoms with Crippen molar-refractivity contribution >= 4 is 37.0 Å². The van der Waals surface area contributed by atoms with Crippen LogP contribution in [0.3, 0.4) is 0 Å². The van der Waals surface area contributed by atoms with E-state index < -0.39 is 0 Å². The van der Waals surface area contributed by atoms with Crippen LogP contribution in [0.25, 0.3) is 0 Å². The zero-order chi connectivity index (χ0) is 20.3. The molecule has 142 valence electrons. The second-order valence-electron chi connectivity index (χ2n) is 6.77. The molecule has 3 atom stereocenters. The molecule has 3 rings (SSSR count). The highest BCUT2D eigenvalue weighted by atomic mass is 35.5. The number of benzene rings is 1. The number of carbonyl (C=O) groups excluding carboxylic acids is 1. The van der Waals surface area contributed by atoms with Crippen molar-refractivity contribution in [2.75, 3.05) is 13.1 Å². The number of hydrogen-bond acceptors (Lipinski definition) is 4. The molecule has 0 N–H and O–H groups in total. The van der Waals surface area contributed by atoms with Crippen molar-refractivity contribution in [3.63, 3.8) is 0 Å². The van der Waals surface area contributed by atoms with Crippen LogP contribution in [0.5, 0.6) is 5.88 Å². The van der Waals surface area contributed by atoms with E-state index in [4.69, 9.17) is 41.0 Å². The van der Waals surface area contributed by atoms with Crippen LogP contribution in [0, 0.1) is 17.2 Å². The van der Waals surface area contributed by atoms with E-state index in [1.165, 1.54) is 6.20 Å². The third-order valence-electron chi connectivity index (χ3n) is 5.04. The summed E-state index contributed by atoms with van der Waals surface area (Å²) in [5.41, 5.74) is 1.46. The van der Waals surface area contributed by atoms with Crippen molar-refractivity contribution in [2.24, 2.45) is 5.92 Å². The Hall–Kier alpha value is -2.23. The lowest BCUT2D eigenvalue weighted by Crippen LogP contribution is -2.32. The SMILES string of the molecule is [B]CC(=O)N1CC([C@H](C)Oc2ccc(C#N)cn2)[C@@H](c2ccc(Cl)c(Cl)c2)C1. The van der Waals surface area contributed by atoms with Gasteiger partial charge < -0.3 is 9.64 Å². The van der Waals surface area contributed by atoms with E-state index in [1.807, 2.05) is 25.1 Å². The number of ether oxygens (including phenoxy) is 1. The van der Waals surface area contributed by atoms with E-state index in [0.29, 0.717) is 34.6 Å². The van der Waals surface area contributed by atoms with Crippen LogP contribution in [-0.4, -0.2) is 42.8 Å². The number of rotatable bonds is 5. The number of nitriles is 1. The van der Waals surface area contributed by atoms with Crippen molar-refractivity contribution in [1.82, 2.24) is 9.88 Å². The molecule has 1 amide bonds. The Bertz CT molecular complexity index is 901. The highest BCUT2D eigenvalue weighted by Crippen LogP contribution is 2.38. The minimum Gasteiger partial charge on any atom is -0.474 e. The molecular formula is C20H18BCl2N3O2. The fourth-order valence-corrected chi connectivity index (χ4v) is 3.83. The average molecular weight is 414 g/mol. The van der Waals surface area contributed by atoms with Crippen LogP contribution < -0.4 is 4.74 Å². The minimum absolute atomic E-state index is 0.0187. The molecule has 5 nitrogen and oxygen atoms in total. The molecule has 2 heterocycles. The third kappa shape index (κ3) is 4.43. The summed E-state index contributed by atoms with van der Waals surface area (Å²) in [5.74, 6) is 0.378. The van der Waals surface area contributed by atoms with E-state index >= 15 is 0 Å².